The number of sulfone groups is 1. The van der Waals surface area contributed by atoms with Crippen LogP contribution in [0.2, 0.25) is 0 Å². The molecule has 1 aromatic rings. The van der Waals surface area contributed by atoms with Gasteiger partial charge in [0.1, 0.15) is 5.78 Å². The van der Waals surface area contributed by atoms with Crippen molar-refractivity contribution in [2.24, 2.45) is 0 Å². The van der Waals surface area contributed by atoms with Crippen LogP contribution in [0, 0.1) is 0 Å². The van der Waals surface area contributed by atoms with Crippen LogP contribution in [0.4, 0.5) is 0 Å². The van der Waals surface area contributed by atoms with E-state index >= 15 is 0 Å². The van der Waals surface area contributed by atoms with Crippen LogP contribution in [-0.2, 0) is 21.1 Å². The maximum absolute atomic E-state index is 11.3. The van der Waals surface area contributed by atoms with Crippen molar-refractivity contribution in [2.45, 2.75) is 18.2 Å². The molecule has 5 heteroatoms. The minimum Gasteiger partial charge on any atom is -0.300 e. The van der Waals surface area contributed by atoms with Crippen LogP contribution < -0.4 is 0 Å². The van der Waals surface area contributed by atoms with Crippen LogP contribution in [0.5, 0.6) is 0 Å². The molecule has 0 atom stereocenters. The van der Waals surface area contributed by atoms with Crippen molar-refractivity contribution >= 4 is 31.6 Å². The van der Waals surface area contributed by atoms with Gasteiger partial charge in [0.25, 0.3) is 0 Å². The molecule has 0 spiro atoms. The van der Waals surface area contributed by atoms with Gasteiger partial charge < -0.3 is 0 Å². The van der Waals surface area contributed by atoms with E-state index in [1.165, 1.54) is 19.1 Å². The lowest BCUT2D eigenvalue weighted by atomic mass is 10.1. The van der Waals surface area contributed by atoms with Gasteiger partial charge in [0.15, 0.2) is 9.84 Å². The molecule has 0 saturated heterocycles. The SMILES string of the molecule is CC(=O)Cc1cc(Br)cc(S(C)(=O)=O)c1. The van der Waals surface area contributed by atoms with E-state index in [0.717, 1.165) is 6.26 Å². The van der Waals surface area contributed by atoms with Crippen LogP contribution in [0.1, 0.15) is 12.5 Å². The fourth-order valence-electron chi connectivity index (χ4n) is 1.22. The first kappa shape index (κ1) is 12.4. The molecule has 1 aromatic carbocycles. The smallest absolute Gasteiger partial charge is 0.175 e. The summed E-state index contributed by atoms with van der Waals surface area (Å²) in [6.45, 7) is 1.47. The summed E-state index contributed by atoms with van der Waals surface area (Å²) in [4.78, 5) is 11.2. The Labute approximate surface area is 97.5 Å². The third-order valence-corrected chi connectivity index (χ3v) is 3.36. The van der Waals surface area contributed by atoms with Crippen molar-refractivity contribution in [3.05, 3.63) is 28.2 Å². The van der Waals surface area contributed by atoms with E-state index in [9.17, 15) is 13.2 Å². The maximum Gasteiger partial charge on any atom is 0.175 e. The molecule has 0 aliphatic rings. The van der Waals surface area contributed by atoms with Gasteiger partial charge >= 0.3 is 0 Å². The third-order valence-electron chi connectivity index (χ3n) is 1.81. The van der Waals surface area contributed by atoms with Gasteiger partial charge in [0, 0.05) is 17.1 Å². The summed E-state index contributed by atoms with van der Waals surface area (Å²) in [6.07, 6.45) is 1.40. The number of ketones is 1. The number of rotatable bonds is 3. The average molecular weight is 291 g/mol. The van der Waals surface area contributed by atoms with Crippen LogP contribution in [0.15, 0.2) is 27.6 Å². The summed E-state index contributed by atoms with van der Waals surface area (Å²) in [5.41, 5.74) is 0.706. The number of hydrogen-bond acceptors (Lipinski definition) is 3. The number of carbonyl (C=O) groups excluding carboxylic acids is 1. The Hall–Kier alpha value is -0.680. The normalized spacial score (nSPS) is 11.4. The van der Waals surface area contributed by atoms with Gasteiger partial charge in [-0.1, -0.05) is 15.9 Å². The lowest BCUT2D eigenvalue weighted by molar-refractivity contribution is -0.116. The van der Waals surface area contributed by atoms with E-state index < -0.39 is 9.84 Å². The van der Waals surface area contributed by atoms with Gasteiger partial charge in [0.05, 0.1) is 4.90 Å². The molecule has 0 amide bonds. The second-order valence-electron chi connectivity index (χ2n) is 3.45. The second kappa shape index (κ2) is 4.45. The molecule has 0 aromatic heterocycles. The molecule has 0 fully saturated rings. The standard InChI is InChI=1S/C10H11BrO3S/c1-7(12)3-8-4-9(11)6-10(5-8)15(2,13)14/h4-6H,3H2,1-2H3. The first-order chi connectivity index (χ1) is 6.79. The van der Waals surface area contributed by atoms with Crippen molar-refractivity contribution in [1.82, 2.24) is 0 Å². The van der Waals surface area contributed by atoms with Crippen LogP contribution in [0.25, 0.3) is 0 Å². The van der Waals surface area contributed by atoms with Crippen molar-refractivity contribution in [2.75, 3.05) is 6.26 Å². The van der Waals surface area contributed by atoms with E-state index in [-0.39, 0.29) is 17.1 Å². The molecule has 0 saturated carbocycles. The monoisotopic (exact) mass is 290 g/mol. The molecule has 15 heavy (non-hydrogen) atoms. The first-order valence-electron chi connectivity index (χ1n) is 4.28. The van der Waals surface area contributed by atoms with Gasteiger partial charge in [-0.3, -0.25) is 4.79 Å². The fourth-order valence-corrected chi connectivity index (χ4v) is 2.62. The highest BCUT2D eigenvalue weighted by molar-refractivity contribution is 9.10. The van der Waals surface area contributed by atoms with Crippen LogP contribution >= 0.6 is 15.9 Å². The van der Waals surface area contributed by atoms with Gasteiger partial charge in [-0.15, -0.1) is 0 Å². The second-order valence-corrected chi connectivity index (χ2v) is 6.38. The highest BCUT2D eigenvalue weighted by Crippen LogP contribution is 2.20. The molecule has 1 rings (SSSR count). The summed E-state index contributed by atoms with van der Waals surface area (Å²) < 4.78 is 23.3. The molecule has 0 heterocycles. The highest BCUT2D eigenvalue weighted by atomic mass is 79.9. The molecule has 0 bridgehead atoms. The Bertz CT molecular complexity index is 491. The number of halogens is 1. The molecule has 0 aliphatic carbocycles. The quantitative estimate of drug-likeness (QED) is 0.855. The zero-order chi connectivity index (χ0) is 11.6. The van der Waals surface area contributed by atoms with Gasteiger partial charge in [0.2, 0.25) is 0 Å². The number of carbonyl (C=O) groups is 1. The Morgan fingerprint density at radius 1 is 1.33 bits per heavy atom. The van der Waals surface area contributed by atoms with Crippen LogP contribution in [0.3, 0.4) is 0 Å². The minimum atomic E-state index is -3.22. The Balaban J connectivity index is 3.23. The highest BCUT2D eigenvalue weighted by Gasteiger charge is 2.10. The van der Waals surface area contributed by atoms with E-state index in [0.29, 0.717) is 10.0 Å². The third kappa shape index (κ3) is 3.76. The van der Waals surface area contributed by atoms with Crippen molar-refractivity contribution < 1.29 is 13.2 Å². The number of Topliss-reactive ketones (excluding diaryl/α,β-unsaturated/α-hetero) is 1. The lowest BCUT2D eigenvalue weighted by Gasteiger charge is -2.03. The molecule has 0 N–H and O–H groups in total. The molecule has 82 valence electrons. The van der Waals surface area contributed by atoms with Crippen molar-refractivity contribution in [3.8, 4) is 0 Å². The first-order valence-corrected chi connectivity index (χ1v) is 6.96. The largest absolute Gasteiger partial charge is 0.300 e. The molecule has 0 radical (unpaired) electrons. The number of benzene rings is 1. The topological polar surface area (TPSA) is 51.2 Å². The summed E-state index contributed by atoms with van der Waals surface area (Å²) in [6, 6.07) is 4.80. The maximum atomic E-state index is 11.3. The van der Waals surface area contributed by atoms with Crippen molar-refractivity contribution in [3.63, 3.8) is 0 Å². The molecule has 0 aliphatic heterocycles. The zero-order valence-corrected chi connectivity index (χ0v) is 10.9. The summed E-state index contributed by atoms with van der Waals surface area (Å²) in [5, 5.41) is 0. The van der Waals surface area contributed by atoms with E-state index in [2.05, 4.69) is 15.9 Å². The molecule has 0 unspecified atom stereocenters. The van der Waals surface area contributed by atoms with E-state index in [4.69, 9.17) is 0 Å². The summed E-state index contributed by atoms with van der Waals surface area (Å²) in [5.74, 6) is 0.00699. The predicted molar refractivity (Wildman–Crippen MR) is 61.6 cm³/mol. The van der Waals surface area contributed by atoms with Crippen molar-refractivity contribution in [1.29, 1.82) is 0 Å². The van der Waals surface area contributed by atoms with Gasteiger partial charge in [-0.2, -0.15) is 0 Å². The predicted octanol–water partition coefficient (Wildman–Crippen LogP) is 1.98. The number of hydrogen-bond donors (Lipinski definition) is 0. The zero-order valence-electron chi connectivity index (χ0n) is 8.45. The Kier molecular flexibility index (Phi) is 3.67. The summed E-state index contributed by atoms with van der Waals surface area (Å²) in [7, 11) is -3.22. The summed E-state index contributed by atoms with van der Waals surface area (Å²) >= 11 is 3.22. The lowest BCUT2D eigenvalue weighted by Crippen LogP contribution is -2.01. The Morgan fingerprint density at radius 3 is 2.40 bits per heavy atom. The van der Waals surface area contributed by atoms with E-state index in [1.807, 2.05) is 0 Å². The molecular weight excluding hydrogens is 280 g/mol. The Morgan fingerprint density at radius 2 is 1.93 bits per heavy atom. The molecular formula is C10H11BrO3S. The average Bonchev–Trinajstić information content (AvgIpc) is 1.99. The van der Waals surface area contributed by atoms with Gasteiger partial charge in [-0.05, 0) is 30.7 Å². The van der Waals surface area contributed by atoms with Crippen LogP contribution in [-0.4, -0.2) is 20.5 Å². The van der Waals surface area contributed by atoms with Gasteiger partial charge in [-0.25, -0.2) is 8.42 Å². The molecule has 3 nitrogen and oxygen atoms in total. The minimum absolute atomic E-state index is 0.00699. The fraction of sp³-hybridized carbons (Fsp3) is 0.300. The van der Waals surface area contributed by atoms with E-state index in [1.54, 1.807) is 6.07 Å².